The van der Waals surface area contributed by atoms with Gasteiger partial charge in [0.05, 0.1) is 17.3 Å². The minimum atomic E-state index is -0.992. The summed E-state index contributed by atoms with van der Waals surface area (Å²) in [5.41, 5.74) is 2.18. The molecule has 0 radical (unpaired) electrons. The summed E-state index contributed by atoms with van der Waals surface area (Å²) in [5, 5.41) is 12.5. The fraction of sp³-hybridized carbons (Fsp3) is 0.300. The van der Waals surface area contributed by atoms with Crippen molar-refractivity contribution in [2.75, 3.05) is 18.5 Å². The van der Waals surface area contributed by atoms with Crippen molar-refractivity contribution in [3.8, 4) is 0 Å². The molecular formula is C20H21Cl2NO5. The zero-order valence-corrected chi connectivity index (χ0v) is 16.8. The number of benzene rings is 2. The molecule has 0 aliphatic heterocycles. The molecule has 1 amide bonds. The number of ether oxygens (including phenoxy) is 2. The SMILES string of the molecule is CCOC(Cc1cccc(CCOC(=O)Nc2ccc(Cl)cc2Cl)c1)C(=O)O. The van der Waals surface area contributed by atoms with Crippen LogP contribution in [0.4, 0.5) is 10.5 Å². The fourth-order valence-electron chi connectivity index (χ4n) is 2.54. The summed E-state index contributed by atoms with van der Waals surface area (Å²) in [6.45, 7) is 2.25. The van der Waals surface area contributed by atoms with Gasteiger partial charge in [-0.05, 0) is 36.2 Å². The van der Waals surface area contributed by atoms with Gasteiger partial charge in [-0.2, -0.15) is 0 Å². The van der Waals surface area contributed by atoms with Gasteiger partial charge < -0.3 is 14.6 Å². The zero-order chi connectivity index (χ0) is 20.5. The third-order valence-electron chi connectivity index (χ3n) is 3.85. The van der Waals surface area contributed by atoms with Crippen LogP contribution in [0.15, 0.2) is 42.5 Å². The second-order valence-electron chi connectivity index (χ2n) is 5.94. The average Bonchev–Trinajstić information content (AvgIpc) is 2.64. The van der Waals surface area contributed by atoms with Gasteiger partial charge in [0.15, 0.2) is 6.10 Å². The third-order valence-corrected chi connectivity index (χ3v) is 4.40. The lowest BCUT2D eigenvalue weighted by atomic mass is 10.0. The minimum Gasteiger partial charge on any atom is -0.479 e. The van der Waals surface area contributed by atoms with Gasteiger partial charge in [-0.3, -0.25) is 5.32 Å². The van der Waals surface area contributed by atoms with E-state index in [0.29, 0.717) is 28.8 Å². The van der Waals surface area contributed by atoms with Crippen LogP contribution in [0.3, 0.4) is 0 Å². The summed E-state index contributed by atoms with van der Waals surface area (Å²) < 4.78 is 10.4. The molecule has 0 saturated carbocycles. The van der Waals surface area contributed by atoms with E-state index < -0.39 is 18.2 Å². The maximum absolute atomic E-state index is 11.9. The van der Waals surface area contributed by atoms with Crippen molar-refractivity contribution >= 4 is 41.0 Å². The van der Waals surface area contributed by atoms with E-state index in [1.54, 1.807) is 19.1 Å². The highest BCUT2D eigenvalue weighted by Crippen LogP contribution is 2.25. The summed E-state index contributed by atoms with van der Waals surface area (Å²) in [4.78, 5) is 23.1. The summed E-state index contributed by atoms with van der Waals surface area (Å²) in [7, 11) is 0. The van der Waals surface area contributed by atoms with Crippen molar-refractivity contribution in [2.24, 2.45) is 0 Å². The molecule has 2 aromatic carbocycles. The number of halogens is 2. The van der Waals surface area contributed by atoms with E-state index in [0.717, 1.165) is 11.1 Å². The first-order valence-corrected chi connectivity index (χ1v) is 9.45. The van der Waals surface area contributed by atoms with Crippen LogP contribution in [0, 0.1) is 0 Å². The Bertz CT molecular complexity index is 828. The monoisotopic (exact) mass is 425 g/mol. The van der Waals surface area contributed by atoms with Crippen LogP contribution in [0.1, 0.15) is 18.1 Å². The molecule has 2 rings (SSSR count). The largest absolute Gasteiger partial charge is 0.479 e. The number of carboxylic acid groups (broad SMARTS) is 1. The number of carboxylic acids is 1. The van der Waals surface area contributed by atoms with Crippen LogP contribution < -0.4 is 5.32 Å². The molecule has 2 aromatic rings. The molecule has 1 atom stereocenters. The van der Waals surface area contributed by atoms with Crippen LogP contribution in [0.5, 0.6) is 0 Å². The number of hydrogen-bond acceptors (Lipinski definition) is 4. The van der Waals surface area contributed by atoms with E-state index in [2.05, 4.69) is 5.32 Å². The fourth-order valence-corrected chi connectivity index (χ4v) is 3.00. The molecule has 0 heterocycles. The summed E-state index contributed by atoms with van der Waals surface area (Å²) in [5.74, 6) is -0.992. The number of nitrogens with one attached hydrogen (secondary N) is 1. The van der Waals surface area contributed by atoms with Crippen molar-refractivity contribution < 1.29 is 24.2 Å². The van der Waals surface area contributed by atoms with Crippen LogP contribution in [0.2, 0.25) is 10.0 Å². The first-order chi connectivity index (χ1) is 13.4. The summed E-state index contributed by atoms with van der Waals surface area (Å²) in [6.07, 6.45) is -0.746. The van der Waals surface area contributed by atoms with Gasteiger partial charge >= 0.3 is 12.1 Å². The topological polar surface area (TPSA) is 84.9 Å². The van der Waals surface area contributed by atoms with Crippen molar-refractivity contribution in [3.05, 3.63) is 63.6 Å². The zero-order valence-electron chi connectivity index (χ0n) is 15.3. The number of carbonyl (C=O) groups is 2. The molecule has 1 unspecified atom stereocenters. The normalized spacial score (nSPS) is 11.7. The van der Waals surface area contributed by atoms with Crippen LogP contribution in [-0.2, 0) is 27.1 Å². The maximum Gasteiger partial charge on any atom is 0.411 e. The van der Waals surface area contributed by atoms with Gasteiger partial charge in [-0.25, -0.2) is 9.59 Å². The summed E-state index contributed by atoms with van der Waals surface area (Å²) in [6, 6.07) is 12.2. The van der Waals surface area contributed by atoms with Crippen LogP contribution >= 0.6 is 23.2 Å². The number of anilines is 1. The Morgan fingerprint density at radius 1 is 1.14 bits per heavy atom. The van der Waals surface area contributed by atoms with Crippen molar-refractivity contribution in [1.82, 2.24) is 0 Å². The quantitative estimate of drug-likeness (QED) is 0.601. The lowest BCUT2D eigenvalue weighted by Gasteiger charge is -2.13. The second-order valence-corrected chi connectivity index (χ2v) is 6.79. The molecule has 0 saturated heterocycles. The van der Waals surface area contributed by atoms with Crippen molar-refractivity contribution in [2.45, 2.75) is 25.9 Å². The molecule has 0 aliphatic carbocycles. The Balaban J connectivity index is 1.85. The molecule has 2 N–H and O–H groups in total. The van der Waals surface area contributed by atoms with Crippen molar-refractivity contribution in [1.29, 1.82) is 0 Å². The highest BCUT2D eigenvalue weighted by atomic mass is 35.5. The van der Waals surface area contributed by atoms with Gasteiger partial charge in [0.2, 0.25) is 0 Å². The Morgan fingerprint density at radius 2 is 1.89 bits per heavy atom. The molecular weight excluding hydrogens is 405 g/mol. The highest BCUT2D eigenvalue weighted by Gasteiger charge is 2.18. The molecule has 8 heteroatoms. The Morgan fingerprint density at radius 3 is 2.57 bits per heavy atom. The third kappa shape index (κ3) is 7.03. The summed E-state index contributed by atoms with van der Waals surface area (Å²) >= 11 is 11.8. The van der Waals surface area contributed by atoms with E-state index in [4.69, 9.17) is 32.7 Å². The van der Waals surface area contributed by atoms with Crippen LogP contribution in [-0.4, -0.2) is 36.5 Å². The molecule has 0 spiro atoms. The van der Waals surface area contributed by atoms with Crippen molar-refractivity contribution in [3.63, 3.8) is 0 Å². The number of carbonyl (C=O) groups excluding carboxylic acids is 1. The minimum absolute atomic E-state index is 0.161. The predicted molar refractivity (Wildman–Crippen MR) is 108 cm³/mol. The Labute approximate surface area is 173 Å². The van der Waals surface area contributed by atoms with Gasteiger partial charge in [0.25, 0.3) is 0 Å². The van der Waals surface area contributed by atoms with E-state index in [-0.39, 0.29) is 13.0 Å². The molecule has 0 aromatic heterocycles. The number of hydrogen-bond donors (Lipinski definition) is 2. The number of amides is 1. The lowest BCUT2D eigenvalue weighted by Crippen LogP contribution is -2.26. The molecule has 0 aliphatic rings. The standard InChI is InChI=1S/C20H21Cl2NO5/c1-2-27-18(19(24)25)11-14-5-3-4-13(10-14)8-9-28-20(26)23-17-7-6-15(21)12-16(17)22/h3-7,10,12,18H,2,8-9,11H2,1H3,(H,23,26)(H,24,25). The molecule has 6 nitrogen and oxygen atoms in total. The Hall–Kier alpha value is -2.28. The maximum atomic E-state index is 11.9. The smallest absolute Gasteiger partial charge is 0.411 e. The Kier molecular flexibility index (Phi) is 8.57. The first-order valence-electron chi connectivity index (χ1n) is 8.70. The molecule has 0 fully saturated rings. The van der Waals surface area contributed by atoms with Gasteiger partial charge in [-0.1, -0.05) is 47.5 Å². The first kappa shape index (κ1) is 22.0. The average molecular weight is 426 g/mol. The lowest BCUT2D eigenvalue weighted by molar-refractivity contribution is -0.149. The van der Waals surface area contributed by atoms with E-state index in [1.165, 1.54) is 6.07 Å². The van der Waals surface area contributed by atoms with Gasteiger partial charge in [0, 0.05) is 24.5 Å². The van der Waals surface area contributed by atoms with E-state index in [9.17, 15) is 14.7 Å². The van der Waals surface area contributed by atoms with Crippen LogP contribution in [0.25, 0.3) is 0 Å². The predicted octanol–water partition coefficient (Wildman–Crippen LogP) is 4.82. The number of rotatable bonds is 9. The van der Waals surface area contributed by atoms with E-state index >= 15 is 0 Å². The molecule has 0 bridgehead atoms. The molecule has 28 heavy (non-hydrogen) atoms. The van der Waals surface area contributed by atoms with Gasteiger partial charge in [0.1, 0.15) is 0 Å². The number of aliphatic carboxylic acids is 1. The second kappa shape index (κ2) is 10.9. The highest BCUT2D eigenvalue weighted by molar-refractivity contribution is 6.36. The van der Waals surface area contributed by atoms with E-state index in [1.807, 2.05) is 24.3 Å². The molecule has 150 valence electrons. The van der Waals surface area contributed by atoms with Gasteiger partial charge in [-0.15, -0.1) is 0 Å².